The first kappa shape index (κ1) is 17.0. The number of ether oxygens (including phenoxy) is 1. The van der Waals surface area contributed by atoms with Crippen LogP contribution in [0.3, 0.4) is 0 Å². The summed E-state index contributed by atoms with van der Waals surface area (Å²) in [5.74, 6) is 1.08. The summed E-state index contributed by atoms with van der Waals surface area (Å²) < 4.78 is 5.09. The Labute approximate surface area is 144 Å². The molecule has 0 spiro atoms. The molecule has 2 aliphatic heterocycles. The highest BCUT2D eigenvalue weighted by atomic mass is 16.6. The van der Waals surface area contributed by atoms with Crippen LogP contribution in [0.5, 0.6) is 0 Å². The van der Waals surface area contributed by atoms with Gasteiger partial charge >= 0.3 is 6.09 Å². The number of hydrogen-bond donors (Lipinski definition) is 0. The molecule has 0 atom stereocenters. The van der Waals surface area contributed by atoms with Crippen molar-refractivity contribution in [2.45, 2.75) is 32.7 Å². The van der Waals surface area contributed by atoms with E-state index in [0.29, 0.717) is 12.6 Å². The number of piperazine rings is 1. The van der Waals surface area contributed by atoms with Gasteiger partial charge in [0.1, 0.15) is 5.82 Å². The fourth-order valence-electron chi connectivity index (χ4n) is 3.59. The SMILES string of the molecule is CCOC(=O)N1CCC(N2CCN(c3ccc(C)cn3)CC2)CC1. The summed E-state index contributed by atoms with van der Waals surface area (Å²) in [7, 11) is 0. The lowest BCUT2D eigenvalue weighted by Gasteiger charge is -2.42. The third kappa shape index (κ3) is 3.98. The molecule has 0 radical (unpaired) electrons. The molecule has 2 saturated heterocycles. The van der Waals surface area contributed by atoms with Gasteiger partial charge in [0.05, 0.1) is 6.61 Å². The van der Waals surface area contributed by atoms with Gasteiger partial charge in [-0.25, -0.2) is 9.78 Å². The summed E-state index contributed by atoms with van der Waals surface area (Å²) in [5, 5.41) is 0. The van der Waals surface area contributed by atoms with Gasteiger partial charge in [-0.2, -0.15) is 0 Å². The Balaban J connectivity index is 1.46. The van der Waals surface area contributed by atoms with Gasteiger partial charge in [0, 0.05) is 51.5 Å². The van der Waals surface area contributed by atoms with Crippen molar-refractivity contribution < 1.29 is 9.53 Å². The largest absolute Gasteiger partial charge is 0.450 e. The van der Waals surface area contributed by atoms with Crippen molar-refractivity contribution in [3.63, 3.8) is 0 Å². The highest BCUT2D eigenvalue weighted by Gasteiger charge is 2.29. The van der Waals surface area contributed by atoms with Crippen LogP contribution in [0.2, 0.25) is 0 Å². The number of amides is 1. The molecular weight excluding hydrogens is 304 g/mol. The summed E-state index contributed by atoms with van der Waals surface area (Å²) in [6, 6.07) is 4.83. The lowest BCUT2D eigenvalue weighted by Crippen LogP contribution is -2.54. The van der Waals surface area contributed by atoms with E-state index in [4.69, 9.17) is 4.74 Å². The molecule has 0 aromatic carbocycles. The first-order valence-corrected chi connectivity index (χ1v) is 9.00. The molecule has 132 valence electrons. The van der Waals surface area contributed by atoms with Gasteiger partial charge in [0.2, 0.25) is 0 Å². The van der Waals surface area contributed by atoms with E-state index >= 15 is 0 Å². The molecule has 1 aromatic rings. The quantitative estimate of drug-likeness (QED) is 0.849. The standard InChI is InChI=1S/C18H28N4O2/c1-3-24-18(23)22-8-6-16(7-9-22)20-10-12-21(13-11-20)17-5-4-15(2)14-19-17/h4-5,14,16H,3,6-13H2,1-2H3. The molecule has 1 aromatic heterocycles. The summed E-state index contributed by atoms with van der Waals surface area (Å²) in [5.41, 5.74) is 1.20. The number of carbonyl (C=O) groups excluding carboxylic acids is 1. The maximum absolute atomic E-state index is 11.8. The van der Waals surface area contributed by atoms with Crippen LogP contribution >= 0.6 is 0 Å². The number of aromatic nitrogens is 1. The van der Waals surface area contributed by atoms with Crippen molar-refractivity contribution >= 4 is 11.9 Å². The Morgan fingerprint density at radius 1 is 1.17 bits per heavy atom. The second-order valence-corrected chi connectivity index (χ2v) is 6.63. The molecule has 3 heterocycles. The molecule has 24 heavy (non-hydrogen) atoms. The summed E-state index contributed by atoms with van der Waals surface area (Å²) in [6.45, 7) is 10.2. The number of carbonyl (C=O) groups is 1. The average Bonchev–Trinajstić information content (AvgIpc) is 2.63. The van der Waals surface area contributed by atoms with Crippen LogP contribution in [0, 0.1) is 6.92 Å². The van der Waals surface area contributed by atoms with Crippen LogP contribution in [0.1, 0.15) is 25.3 Å². The van der Waals surface area contributed by atoms with Crippen molar-refractivity contribution in [3.8, 4) is 0 Å². The first-order valence-electron chi connectivity index (χ1n) is 9.00. The zero-order valence-corrected chi connectivity index (χ0v) is 14.8. The third-order valence-corrected chi connectivity index (χ3v) is 5.04. The fourth-order valence-corrected chi connectivity index (χ4v) is 3.59. The molecule has 3 rings (SSSR count). The number of anilines is 1. The lowest BCUT2D eigenvalue weighted by atomic mass is 10.0. The molecule has 0 aliphatic carbocycles. The van der Waals surface area contributed by atoms with E-state index in [1.54, 1.807) is 0 Å². The van der Waals surface area contributed by atoms with Crippen molar-refractivity contribution in [1.29, 1.82) is 0 Å². The monoisotopic (exact) mass is 332 g/mol. The molecule has 0 N–H and O–H groups in total. The molecule has 6 heteroatoms. The highest BCUT2D eigenvalue weighted by Crippen LogP contribution is 2.21. The summed E-state index contributed by atoms with van der Waals surface area (Å²) >= 11 is 0. The van der Waals surface area contributed by atoms with Gasteiger partial charge < -0.3 is 14.5 Å². The first-order chi connectivity index (χ1) is 11.7. The van der Waals surface area contributed by atoms with Gasteiger partial charge in [-0.1, -0.05) is 6.07 Å². The van der Waals surface area contributed by atoms with Gasteiger partial charge in [-0.05, 0) is 38.3 Å². The van der Waals surface area contributed by atoms with E-state index in [0.717, 1.165) is 57.9 Å². The van der Waals surface area contributed by atoms with Crippen LogP contribution in [-0.4, -0.2) is 72.8 Å². The van der Waals surface area contributed by atoms with Crippen LogP contribution in [0.25, 0.3) is 0 Å². The van der Waals surface area contributed by atoms with Crippen LogP contribution in [-0.2, 0) is 4.74 Å². The predicted octanol–water partition coefficient (Wildman–Crippen LogP) is 2.13. The lowest BCUT2D eigenvalue weighted by molar-refractivity contribution is 0.0729. The Bertz CT molecular complexity index is 532. The Hall–Kier alpha value is -1.82. The zero-order valence-electron chi connectivity index (χ0n) is 14.8. The minimum atomic E-state index is -0.161. The van der Waals surface area contributed by atoms with E-state index in [-0.39, 0.29) is 6.09 Å². The van der Waals surface area contributed by atoms with Crippen molar-refractivity contribution in [2.24, 2.45) is 0 Å². The highest BCUT2D eigenvalue weighted by molar-refractivity contribution is 5.67. The second-order valence-electron chi connectivity index (χ2n) is 6.63. The molecule has 2 aliphatic rings. The van der Waals surface area contributed by atoms with Crippen LogP contribution in [0.15, 0.2) is 18.3 Å². The number of pyridine rings is 1. The van der Waals surface area contributed by atoms with Crippen LogP contribution in [0.4, 0.5) is 10.6 Å². The zero-order chi connectivity index (χ0) is 16.9. The Kier molecular flexibility index (Phi) is 5.56. The van der Waals surface area contributed by atoms with E-state index in [1.165, 1.54) is 5.56 Å². The molecular formula is C18H28N4O2. The maximum atomic E-state index is 11.8. The minimum Gasteiger partial charge on any atom is -0.450 e. The smallest absolute Gasteiger partial charge is 0.409 e. The fraction of sp³-hybridized carbons (Fsp3) is 0.667. The van der Waals surface area contributed by atoms with E-state index in [9.17, 15) is 4.79 Å². The molecule has 0 unspecified atom stereocenters. The molecule has 0 saturated carbocycles. The maximum Gasteiger partial charge on any atom is 0.409 e. The van der Waals surface area contributed by atoms with E-state index < -0.39 is 0 Å². The van der Waals surface area contributed by atoms with Gasteiger partial charge in [0.15, 0.2) is 0 Å². The average molecular weight is 332 g/mol. The number of nitrogens with zero attached hydrogens (tertiary/aromatic N) is 4. The summed E-state index contributed by atoms with van der Waals surface area (Å²) in [4.78, 5) is 23.1. The number of likely N-dealkylation sites (tertiary alicyclic amines) is 1. The van der Waals surface area contributed by atoms with Crippen molar-refractivity contribution in [2.75, 3.05) is 50.8 Å². The second kappa shape index (κ2) is 7.83. The molecule has 0 bridgehead atoms. The van der Waals surface area contributed by atoms with Gasteiger partial charge in [-0.15, -0.1) is 0 Å². The van der Waals surface area contributed by atoms with Gasteiger partial charge in [-0.3, -0.25) is 4.90 Å². The molecule has 6 nitrogen and oxygen atoms in total. The van der Waals surface area contributed by atoms with Crippen molar-refractivity contribution in [3.05, 3.63) is 23.9 Å². The minimum absolute atomic E-state index is 0.161. The Morgan fingerprint density at radius 2 is 1.88 bits per heavy atom. The normalized spacial score (nSPS) is 20.2. The number of rotatable bonds is 3. The van der Waals surface area contributed by atoms with Crippen LogP contribution < -0.4 is 4.90 Å². The molecule has 2 fully saturated rings. The predicted molar refractivity (Wildman–Crippen MR) is 94.4 cm³/mol. The third-order valence-electron chi connectivity index (χ3n) is 5.04. The number of hydrogen-bond acceptors (Lipinski definition) is 5. The Morgan fingerprint density at radius 3 is 2.46 bits per heavy atom. The number of piperidine rings is 1. The number of aryl methyl sites for hydroxylation is 1. The van der Waals surface area contributed by atoms with Crippen molar-refractivity contribution in [1.82, 2.24) is 14.8 Å². The van der Waals surface area contributed by atoms with E-state index in [2.05, 4.69) is 33.8 Å². The molecule has 1 amide bonds. The topological polar surface area (TPSA) is 48.9 Å². The van der Waals surface area contributed by atoms with Gasteiger partial charge in [0.25, 0.3) is 0 Å². The van der Waals surface area contributed by atoms with E-state index in [1.807, 2.05) is 18.0 Å². The summed E-state index contributed by atoms with van der Waals surface area (Å²) in [6.07, 6.45) is 3.86.